The van der Waals surface area contributed by atoms with Crippen LogP contribution in [0.5, 0.6) is 0 Å². The zero-order chi connectivity index (χ0) is 57.1. The Balaban J connectivity index is 4.14. The van der Waals surface area contributed by atoms with E-state index in [4.69, 9.17) is 14.2 Å². The van der Waals surface area contributed by atoms with Gasteiger partial charge in [-0.05, 0) is 89.9 Å². The maximum absolute atomic E-state index is 12.9. The van der Waals surface area contributed by atoms with Gasteiger partial charge in [-0.25, -0.2) is 0 Å². The molecule has 1 unspecified atom stereocenters. The van der Waals surface area contributed by atoms with E-state index in [1.807, 2.05) is 0 Å². The van der Waals surface area contributed by atoms with Crippen molar-refractivity contribution in [1.29, 1.82) is 0 Å². The molecule has 0 aromatic rings. The Hall–Kier alpha value is -2.89. The number of ether oxygens (including phenoxy) is 3. The van der Waals surface area contributed by atoms with E-state index in [0.29, 0.717) is 19.3 Å². The number of allylic oxidation sites excluding steroid dienone is 10. The van der Waals surface area contributed by atoms with E-state index in [1.165, 1.54) is 250 Å². The molecule has 460 valence electrons. The zero-order valence-corrected chi connectivity index (χ0v) is 52.9. The summed E-state index contributed by atoms with van der Waals surface area (Å²) in [5.74, 6) is -0.856. The van der Waals surface area contributed by atoms with Crippen LogP contribution in [0, 0.1) is 0 Å². The van der Waals surface area contributed by atoms with Gasteiger partial charge in [-0.1, -0.05) is 319 Å². The van der Waals surface area contributed by atoms with E-state index in [0.717, 1.165) is 77.0 Å². The molecular weight excluding hydrogens is 973 g/mol. The monoisotopic (exact) mass is 1110 g/mol. The predicted octanol–water partition coefficient (Wildman–Crippen LogP) is 23.9. The van der Waals surface area contributed by atoms with Gasteiger partial charge in [0.25, 0.3) is 0 Å². The third-order valence-electron chi connectivity index (χ3n) is 15.5. The van der Waals surface area contributed by atoms with Crippen LogP contribution in [-0.2, 0) is 28.6 Å². The Morgan fingerprint density at radius 1 is 0.253 bits per heavy atom. The van der Waals surface area contributed by atoms with Crippen LogP contribution in [0.2, 0.25) is 0 Å². The second-order valence-corrected chi connectivity index (χ2v) is 23.4. The second kappa shape index (κ2) is 67.6. The maximum atomic E-state index is 12.9. The molecule has 0 bridgehead atoms. The van der Waals surface area contributed by atoms with Gasteiger partial charge in [-0.3, -0.25) is 14.4 Å². The van der Waals surface area contributed by atoms with Gasteiger partial charge in [0.05, 0.1) is 0 Å². The lowest BCUT2D eigenvalue weighted by molar-refractivity contribution is -0.167. The van der Waals surface area contributed by atoms with Crippen molar-refractivity contribution in [3.05, 3.63) is 60.8 Å². The van der Waals surface area contributed by atoms with E-state index in [-0.39, 0.29) is 31.1 Å². The second-order valence-electron chi connectivity index (χ2n) is 23.4. The van der Waals surface area contributed by atoms with E-state index < -0.39 is 6.10 Å². The van der Waals surface area contributed by atoms with Gasteiger partial charge >= 0.3 is 17.9 Å². The quantitative estimate of drug-likeness (QED) is 0.0261. The molecule has 0 fully saturated rings. The molecule has 1 atom stereocenters. The lowest BCUT2D eigenvalue weighted by Gasteiger charge is -2.18. The average molecular weight is 1110 g/mol. The van der Waals surface area contributed by atoms with Crippen LogP contribution in [0.25, 0.3) is 0 Å². The maximum Gasteiger partial charge on any atom is 0.306 e. The van der Waals surface area contributed by atoms with Crippen molar-refractivity contribution < 1.29 is 28.6 Å². The fraction of sp³-hybridized carbons (Fsp3) is 0.822. The highest BCUT2D eigenvalue weighted by Gasteiger charge is 2.19. The molecule has 0 radical (unpaired) electrons. The number of hydrogen-bond acceptors (Lipinski definition) is 6. The highest BCUT2D eigenvalue weighted by atomic mass is 16.6. The molecule has 0 rings (SSSR count). The summed E-state index contributed by atoms with van der Waals surface area (Å²) in [6.45, 7) is 6.65. The van der Waals surface area contributed by atoms with Gasteiger partial charge in [-0.15, -0.1) is 0 Å². The molecule has 0 saturated heterocycles. The molecule has 0 aliphatic rings. The molecule has 6 nitrogen and oxygen atoms in total. The summed E-state index contributed by atoms with van der Waals surface area (Å²) < 4.78 is 16.9. The molecule has 0 saturated carbocycles. The van der Waals surface area contributed by atoms with Crippen LogP contribution >= 0.6 is 0 Å². The van der Waals surface area contributed by atoms with E-state index in [1.54, 1.807) is 0 Å². The number of rotatable bonds is 64. The fourth-order valence-electron chi connectivity index (χ4n) is 10.2. The number of carbonyl (C=O) groups is 3. The summed E-state index contributed by atoms with van der Waals surface area (Å²) in [5, 5.41) is 0. The highest BCUT2D eigenvalue weighted by molar-refractivity contribution is 5.71. The minimum Gasteiger partial charge on any atom is -0.462 e. The Kier molecular flexibility index (Phi) is 65.1. The van der Waals surface area contributed by atoms with E-state index in [9.17, 15) is 14.4 Å². The first-order valence-electron chi connectivity index (χ1n) is 34.8. The Labute approximate surface area is 491 Å². The van der Waals surface area contributed by atoms with Crippen LogP contribution in [0.15, 0.2) is 60.8 Å². The Bertz CT molecular complexity index is 1410. The molecule has 0 heterocycles. The highest BCUT2D eigenvalue weighted by Crippen LogP contribution is 2.17. The summed E-state index contributed by atoms with van der Waals surface area (Å²) in [6, 6.07) is 0. The zero-order valence-electron chi connectivity index (χ0n) is 52.9. The summed E-state index contributed by atoms with van der Waals surface area (Å²) in [7, 11) is 0. The van der Waals surface area contributed by atoms with Crippen LogP contribution in [0.4, 0.5) is 0 Å². The van der Waals surface area contributed by atoms with Crippen molar-refractivity contribution in [3.8, 4) is 0 Å². The summed E-state index contributed by atoms with van der Waals surface area (Å²) >= 11 is 0. The fourth-order valence-corrected chi connectivity index (χ4v) is 10.2. The summed E-state index contributed by atoms with van der Waals surface area (Å²) in [5.41, 5.74) is 0. The molecule has 0 N–H and O–H groups in total. The van der Waals surface area contributed by atoms with Gasteiger partial charge in [-0.2, -0.15) is 0 Å². The molecule has 0 aromatic carbocycles. The molecule has 0 amide bonds. The Morgan fingerprint density at radius 2 is 0.456 bits per heavy atom. The first kappa shape index (κ1) is 76.1. The molecule has 79 heavy (non-hydrogen) atoms. The van der Waals surface area contributed by atoms with Gasteiger partial charge in [0.15, 0.2) is 6.10 Å². The van der Waals surface area contributed by atoms with Crippen LogP contribution in [-0.4, -0.2) is 37.2 Å². The van der Waals surface area contributed by atoms with Crippen LogP contribution in [0.3, 0.4) is 0 Å². The topological polar surface area (TPSA) is 78.9 Å². The first-order valence-corrected chi connectivity index (χ1v) is 34.8. The minimum absolute atomic E-state index is 0.0711. The van der Waals surface area contributed by atoms with Crippen molar-refractivity contribution in [1.82, 2.24) is 0 Å². The summed E-state index contributed by atoms with van der Waals surface area (Å²) in [6.07, 6.45) is 86.8. The standard InChI is InChI=1S/C73H132O6/c1-4-7-10-13-16-19-21-23-25-27-29-31-33-34-35-36-37-38-40-41-43-45-47-49-51-54-57-60-63-66-72(75)78-69-70(68-77-71(74)65-62-59-56-53-18-15-12-9-6-3)79-73(76)67-64-61-58-55-52-50-48-46-44-42-39-32-30-28-26-24-22-20-17-14-11-8-5-2/h21-24,27-30,33-34,70H,4-20,25-26,31-32,35-69H2,1-3H3/b23-21-,24-22-,29-27-,30-28-,34-33-. The molecular formula is C73H132O6. The number of carbonyl (C=O) groups excluding carboxylic acids is 3. The van der Waals surface area contributed by atoms with E-state index in [2.05, 4.69) is 81.5 Å². The van der Waals surface area contributed by atoms with Crippen molar-refractivity contribution in [2.45, 2.75) is 374 Å². The van der Waals surface area contributed by atoms with Crippen LogP contribution in [0.1, 0.15) is 367 Å². The number of unbranched alkanes of at least 4 members (excludes halogenated alkanes) is 43. The lowest BCUT2D eigenvalue weighted by Crippen LogP contribution is -2.30. The van der Waals surface area contributed by atoms with Crippen molar-refractivity contribution in [3.63, 3.8) is 0 Å². The SMILES string of the molecule is CCCCCCC/C=C\C/C=C\C/C=C\CCCCCCCCCCCCCCCCC(=O)OCC(COC(=O)CCCCCCCCCCC)OC(=O)CCCCCCCCCCCCC/C=C\C/C=C\CCCCCCC. The smallest absolute Gasteiger partial charge is 0.306 e. The molecule has 0 aliphatic carbocycles. The van der Waals surface area contributed by atoms with Crippen molar-refractivity contribution >= 4 is 17.9 Å². The van der Waals surface area contributed by atoms with Crippen molar-refractivity contribution in [2.24, 2.45) is 0 Å². The van der Waals surface area contributed by atoms with Crippen LogP contribution < -0.4 is 0 Å². The van der Waals surface area contributed by atoms with Gasteiger partial charge in [0.1, 0.15) is 13.2 Å². The third kappa shape index (κ3) is 65.8. The third-order valence-corrected chi connectivity index (χ3v) is 15.5. The largest absolute Gasteiger partial charge is 0.462 e. The van der Waals surface area contributed by atoms with Gasteiger partial charge in [0, 0.05) is 19.3 Å². The average Bonchev–Trinajstić information content (AvgIpc) is 3.45. The van der Waals surface area contributed by atoms with Crippen molar-refractivity contribution in [2.75, 3.05) is 13.2 Å². The number of hydrogen-bond donors (Lipinski definition) is 0. The van der Waals surface area contributed by atoms with Gasteiger partial charge < -0.3 is 14.2 Å². The first-order chi connectivity index (χ1) is 39.0. The number of esters is 3. The normalized spacial score (nSPS) is 12.4. The molecule has 0 aliphatic heterocycles. The van der Waals surface area contributed by atoms with Gasteiger partial charge in [0.2, 0.25) is 0 Å². The predicted molar refractivity (Wildman–Crippen MR) is 344 cm³/mol. The van der Waals surface area contributed by atoms with E-state index >= 15 is 0 Å². The molecule has 0 aromatic heterocycles. The summed E-state index contributed by atoms with van der Waals surface area (Å²) in [4.78, 5) is 38.3. The minimum atomic E-state index is -0.773. The Morgan fingerprint density at radius 3 is 0.709 bits per heavy atom. The molecule has 6 heteroatoms. The molecule has 0 spiro atoms. The lowest BCUT2D eigenvalue weighted by atomic mass is 10.0.